The van der Waals surface area contributed by atoms with Gasteiger partial charge < -0.3 is 4.74 Å². The van der Waals surface area contributed by atoms with Gasteiger partial charge in [-0.25, -0.2) is 0 Å². The molecule has 0 N–H and O–H groups in total. The zero-order valence-electron chi connectivity index (χ0n) is 5.80. The van der Waals surface area contributed by atoms with Gasteiger partial charge in [0.15, 0.2) is 0 Å². The van der Waals surface area contributed by atoms with Crippen LogP contribution in [0.3, 0.4) is 0 Å². The molecule has 1 nitrogen and oxygen atoms in total. The van der Waals surface area contributed by atoms with Crippen molar-refractivity contribution in [2.75, 3.05) is 7.11 Å². The van der Waals surface area contributed by atoms with E-state index in [9.17, 15) is 0 Å². The monoisotopic (exact) mass is 156 g/mol. The molecule has 0 aromatic heterocycles. The molecule has 0 saturated heterocycles. The number of allylic oxidation sites excluding steroid dienone is 5. The first-order valence-electron chi connectivity index (χ1n) is 3.11. The van der Waals surface area contributed by atoms with Crippen LogP contribution in [0.1, 0.15) is 6.42 Å². The molecule has 2 heteroatoms. The lowest BCUT2D eigenvalue weighted by Gasteiger charge is -1.96. The third-order valence-corrected chi connectivity index (χ3v) is 1.51. The van der Waals surface area contributed by atoms with Crippen LogP contribution in [0.2, 0.25) is 0 Å². The first-order chi connectivity index (χ1) is 4.83. The standard InChI is InChI=1S/C8H9ClO/c1-10-8-5-3-2-4-7(9)6-8/h3-6H,2H2,1H3. The lowest BCUT2D eigenvalue weighted by atomic mass is 10.4. The van der Waals surface area contributed by atoms with Crippen LogP contribution in [0.4, 0.5) is 0 Å². The molecule has 0 aliphatic heterocycles. The number of hydrogen-bond acceptors (Lipinski definition) is 1. The van der Waals surface area contributed by atoms with E-state index in [1.54, 1.807) is 13.2 Å². The molecule has 0 aromatic carbocycles. The van der Waals surface area contributed by atoms with Crippen molar-refractivity contribution in [3.8, 4) is 0 Å². The maximum atomic E-state index is 5.76. The minimum atomic E-state index is 0.738. The molecule has 1 aliphatic carbocycles. The largest absolute Gasteiger partial charge is 0.497 e. The minimum Gasteiger partial charge on any atom is -0.497 e. The van der Waals surface area contributed by atoms with Crippen LogP contribution >= 0.6 is 11.6 Å². The van der Waals surface area contributed by atoms with Crippen LogP contribution in [0.25, 0.3) is 0 Å². The SMILES string of the molecule is COC1=CC(Cl)=CCC=C1. The lowest BCUT2D eigenvalue weighted by Crippen LogP contribution is -1.79. The molecule has 0 aromatic rings. The molecule has 0 spiro atoms. The van der Waals surface area contributed by atoms with Gasteiger partial charge in [0.05, 0.1) is 7.11 Å². The fourth-order valence-electron chi connectivity index (χ4n) is 0.735. The van der Waals surface area contributed by atoms with Crippen LogP contribution in [0.5, 0.6) is 0 Å². The zero-order valence-corrected chi connectivity index (χ0v) is 6.56. The highest BCUT2D eigenvalue weighted by Crippen LogP contribution is 2.13. The molecule has 0 saturated carbocycles. The summed E-state index contributed by atoms with van der Waals surface area (Å²) in [6, 6.07) is 0. The van der Waals surface area contributed by atoms with Crippen molar-refractivity contribution in [3.05, 3.63) is 35.1 Å². The molecule has 10 heavy (non-hydrogen) atoms. The lowest BCUT2D eigenvalue weighted by molar-refractivity contribution is 0.307. The van der Waals surface area contributed by atoms with Gasteiger partial charge in [0, 0.05) is 5.03 Å². The van der Waals surface area contributed by atoms with Gasteiger partial charge in [-0.05, 0) is 18.6 Å². The van der Waals surface area contributed by atoms with Gasteiger partial charge in [0.1, 0.15) is 5.76 Å². The summed E-state index contributed by atoms with van der Waals surface area (Å²) in [7, 11) is 1.63. The van der Waals surface area contributed by atoms with Gasteiger partial charge in [-0.1, -0.05) is 23.8 Å². The van der Waals surface area contributed by atoms with E-state index in [0.29, 0.717) is 0 Å². The minimum absolute atomic E-state index is 0.738. The quantitative estimate of drug-likeness (QED) is 0.567. The second kappa shape index (κ2) is 3.47. The third kappa shape index (κ3) is 1.92. The summed E-state index contributed by atoms with van der Waals surface area (Å²) in [6.07, 6.45) is 8.52. The van der Waals surface area contributed by atoms with Crippen LogP contribution in [-0.4, -0.2) is 7.11 Å². The molecule has 54 valence electrons. The van der Waals surface area contributed by atoms with E-state index in [2.05, 4.69) is 0 Å². The fraction of sp³-hybridized carbons (Fsp3) is 0.250. The van der Waals surface area contributed by atoms with Crippen LogP contribution < -0.4 is 0 Å². The van der Waals surface area contributed by atoms with Crippen molar-refractivity contribution >= 4 is 11.6 Å². The maximum Gasteiger partial charge on any atom is 0.120 e. The van der Waals surface area contributed by atoms with Crippen molar-refractivity contribution in [3.63, 3.8) is 0 Å². The van der Waals surface area contributed by atoms with E-state index in [-0.39, 0.29) is 0 Å². The molecule has 0 radical (unpaired) electrons. The average Bonchev–Trinajstić information content (AvgIpc) is 2.13. The first-order valence-corrected chi connectivity index (χ1v) is 3.48. The highest BCUT2D eigenvalue weighted by molar-refractivity contribution is 6.31. The van der Waals surface area contributed by atoms with Crippen molar-refractivity contribution in [1.82, 2.24) is 0 Å². The number of rotatable bonds is 1. The Labute approximate surface area is 65.6 Å². The second-order valence-electron chi connectivity index (χ2n) is 1.98. The van der Waals surface area contributed by atoms with E-state index in [0.717, 1.165) is 17.2 Å². The zero-order chi connectivity index (χ0) is 7.40. The molecule has 1 rings (SSSR count). The topological polar surface area (TPSA) is 9.23 Å². The van der Waals surface area contributed by atoms with E-state index in [1.165, 1.54) is 0 Å². The van der Waals surface area contributed by atoms with Crippen LogP contribution in [0, 0.1) is 0 Å². The van der Waals surface area contributed by atoms with Crippen molar-refractivity contribution < 1.29 is 4.74 Å². The third-order valence-electron chi connectivity index (χ3n) is 1.25. The van der Waals surface area contributed by atoms with E-state index >= 15 is 0 Å². The van der Waals surface area contributed by atoms with Gasteiger partial charge in [-0.15, -0.1) is 0 Å². The van der Waals surface area contributed by atoms with E-state index in [4.69, 9.17) is 16.3 Å². The summed E-state index contributed by atoms with van der Waals surface area (Å²) in [6.45, 7) is 0. The maximum absolute atomic E-state index is 5.76. The number of hydrogen-bond donors (Lipinski definition) is 0. The summed E-state index contributed by atoms with van der Waals surface area (Å²) in [5, 5.41) is 0.738. The summed E-state index contributed by atoms with van der Waals surface area (Å²) < 4.78 is 4.99. The molecule has 0 bridgehead atoms. The Morgan fingerprint density at radius 3 is 3.10 bits per heavy atom. The fourth-order valence-corrected chi connectivity index (χ4v) is 0.931. The summed E-state index contributed by atoms with van der Waals surface area (Å²) >= 11 is 5.76. The predicted molar refractivity (Wildman–Crippen MR) is 42.8 cm³/mol. The highest BCUT2D eigenvalue weighted by atomic mass is 35.5. The van der Waals surface area contributed by atoms with E-state index in [1.807, 2.05) is 18.2 Å². The van der Waals surface area contributed by atoms with Gasteiger partial charge in [0.2, 0.25) is 0 Å². The average molecular weight is 157 g/mol. The Kier molecular flexibility index (Phi) is 2.57. The molecule has 0 fully saturated rings. The van der Waals surface area contributed by atoms with Gasteiger partial charge >= 0.3 is 0 Å². The Balaban J connectivity index is 2.79. The van der Waals surface area contributed by atoms with Crippen LogP contribution in [0.15, 0.2) is 35.1 Å². The summed E-state index contributed by atoms with van der Waals surface area (Å²) in [5.41, 5.74) is 0. The Hall–Kier alpha value is -0.690. The van der Waals surface area contributed by atoms with Crippen molar-refractivity contribution in [2.24, 2.45) is 0 Å². The van der Waals surface area contributed by atoms with E-state index < -0.39 is 0 Å². The van der Waals surface area contributed by atoms with Crippen molar-refractivity contribution in [2.45, 2.75) is 6.42 Å². The molecule has 0 unspecified atom stereocenters. The van der Waals surface area contributed by atoms with Crippen LogP contribution in [-0.2, 0) is 4.74 Å². The number of methoxy groups -OCH3 is 1. The normalized spacial score (nSPS) is 17.4. The molecule has 0 amide bonds. The first kappa shape index (κ1) is 7.42. The molecule has 0 heterocycles. The molecule has 0 atom stereocenters. The Bertz CT molecular complexity index is 201. The second-order valence-corrected chi connectivity index (χ2v) is 2.41. The summed E-state index contributed by atoms with van der Waals surface area (Å²) in [5.74, 6) is 0.804. The van der Waals surface area contributed by atoms with Gasteiger partial charge in [-0.2, -0.15) is 0 Å². The molecular weight excluding hydrogens is 148 g/mol. The Morgan fingerprint density at radius 2 is 2.40 bits per heavy atom. The van der Waals surface area contributed by atoms with Gasteiger partial charge in [0.25, 0.3) is 0 Å². The van der Waals surface area contributed by atoms with Gasteiger partial charge in [-0.3, -0.25) is 0 Å². The highest BCUT2D eigenvalue weighted by Gasteiger charge is 1.94. The van der Waals surface area contributed by atoms with Crippen molar-refractivity contribution in [1.29, 1.82) is 0 Å². The number of ether oxygens (including phenoxy) is 1. The summed E-state index contributed by atoms with van der Waals surface area (Å²) in [4.78, 5) is 0. The Morgan fingerprint density at radius 1 is 1.60 bits per heavy atom. The smallest absolute Gasteiger partial charge is 0.120 e. The number of halogens is 1. The predicted octanol–water partition coefficient (Wildman–Crippen LogP) is 2.60. The molecular formula is C8H9ClO. The molecule has 1 aliphatic rings.